The second-order valence-electron chi connectivity index (χ2n) is 5.44. The number of carbonyl (C=O) groups is 2. The fraction of sp³-hybridized carbons (Fsp3) is 0.235. The average Bonchev–Trinajstić information content (AvgIpc) is 2.98. The molecule has 3 rings (SSSR count). The van der Waals surface area contributed by atoms with E-state index in [2.05, 4.69) is 10.3 Å². The number of methoxy groups -OCH3 is 1. The average molecular weight is 329 g/mol. The second-order valence-corrected chi connectivity index (χ2v) is 5.44. The highest BCUT2D eigenvalue weighted by atomic mass is 19.1. The van der Waals surface area contributed by atoms with Gasteiger partial charge in [-0.15, -0.1) is 0 Å². The van der Waals surface area contributed by atoms with E-state index in [1.807, 2.05) is 0 Å². The third kappa shape index (κ3) is 3.19. The number of nitrogens with one attached hydrogen (secondary N) is 1. The predicted molar refractivity (Wildman–Crippen MR) is 86.3 cm³/mol. The highest BCUT2D eigenvalue weighted by Crippen LogP contribution is 2.28. The van der Waals surface area contributed by atoms with Gasteiger partial charge >= 0.3 is 0 Å². The smallest absolute Gasteiger partial charge is 0.229 e. The number of ether oxygens (including phenoxy) is 1. The SMILES string of the molecule is COc1ccc(NC(=O)C2CC(=O)N(c3ccccc3F)C2)cn1. The van der Waals surface area contributed by atoms with Crippen molar-refractivity contribution in [1.29, 1.82) is 0 Å². The third-order valence-corrected chi connectivity index (χ3v) is 3.85. The van der Waals surface area contributed by atoms with Crippen molar-refractivity contribution >= 4 is 23.2 Å². The van der Waals surface area contributed by atoms with Crippen LogP contribution in [0.2, 0.25) is 0 Å². The van der Waals surface area contributed by atoms with E-state index in [0.717, 1.165) is 0 Å². The van der Waals surface area contributed by atoms with Gasteiger partial charge in [0.25, 0.3) is 0 Å². The molecule has 1 unspecified atom stereocenters. The zero-order valence-electron chi connectivity index (χ0n) is 13.0. The first-order valence-corrected chi connectivity index (χ1v) is 7.44. The molecule has 2 amide bonds. The van der Waals surface area contributed by atoms with Gasteiger partial charge in [-0.25, -0.2) is 9.37 Å². The lowest BCUT2D eigenvalue weighted by Gasteiger charge is -2.17. The van der Waals surface area contributed by atoms with Crippen LogP contribution in [0.3, 0.4) is 0 Å². The molecule has 6 nitrogen and oxygen atoms in total. The molecular formula is C17H16FN3O3. The van der Waals surface area contributed by atoms with E-state index < -0.39 is 11.7 Å². The maximum Gasteiger partial charge on any atom is 0.229 e. The van der Waals surface area contributed by atoms with Crippen molar-refractivity contribution in [3.63, 3.8) is 0 Å². The summed E-state index contributed by atoms with van der Waals surface area (Å²) in [5.41, 5.74) is 0.710. The quantitative estimate of drug-likeness (QED) is 0.934. The summed E-state index contributed by atoms with van der Waals surface area (Å²) in [5.74, 6) is -1.15. The summed E-state index contributed by atoms with van der Waals surface area (Å²) in [6.45, 7) is 0.148. The highest BCUT2D eigenvalue weighted by molar-refractivity contribution is 6.03. The van der Waals surface area contributed by atoms with E-state index in [4.69, 9.17) is 4.74 Å². The zero-order chi connectivity index (χ0) is 17.1. The van der Waals surface area contributed by atoms with E-state index >= 15 is 0 Å². The highest BCUT2D eigenvalue weighted by Gasteiger charge is 2.36. The number of anilines is 2. The Morgan fingerprint density at radius 3 is 2.79 bits per heavy atom. The number of hydrogen-bond donors (Lipinski definition) is 1. The number of pyridine rings is 1. The van der Waals surface area contributed by atoms with E-state index in [1.165, 1.54) is 30.3 Å². The van der Waals surface area contributed by atoms with Crippen LogP contribution in [0, 0.1) is 11.7 Å². The molecule has 0 bridgehead atoms. The molecule has 0 spiro atoms. The van der Waals surface area contributed by atoms with Crippen LogP contribution in [0.4, 0.5) is 15.8 Å². The molecule has 2 heterocycles. The van der Waals surface area contributed by atoms with Crippen LogP contribution < -0.4 is 15.0 Å². The number of rotatable bonds is 4. The Balaban J connectivity index is 1.68. The van der Waals surface area contributed by atoms with Crippen LogP contribution >= 0.6 is 0 Å². The number of aromatic nitrogens is 1. The summed E-state index contributed by atoms with van der Waals surface area (Å²) in [4.78, 5) is 29.8. The number of halogens is 1. The van der Waals surface area contributed by atoms with E-state index in [0.29, 0.717) is 11.6 Å². The number of benzene rings is 1. The van der Waals surface area contributed by atoms with Gasteiger partial charge in [0, 0.05) is 19.0 Å². The molecule has 1 saturated heterocycles. The van der Waals surface area contributed by atoms with Gasteiger partial charge in [-0.1, -0.05) is 12.1 Å². The maximum absolute atomic E-state index is 13.8. The van der Waals surface area contributed by atoms with E-state index in [9.17, 15) is 14.0 Å². The number of hydrogen-bond acceptors (Lipinski definition) is 4. The second kappa shape index (κ2) is 6.66. The number of carbonyl (C=O) groups excluding carboxylic acids is 2. The lowest BCUT2D eigenvalue weighted by molar-refractivity contribution is -0.122. The fourth-order valence-corrected chi connectivity index (χ4v) is 2.61. The Morgan fingerprint density at radius 1 is 1.33 bits per heavy atom. The molecule has 1 aliphatic heterocycles. The van der Waals surface area contributed by atoms with Crippen LogP contribution in [0.15, 0.2) is 42.6 Å². The van der Waals surface area contributed by atoms with Crippen molar-refractivity contribution in [2.24, 2.45) is 5.92 Å². The monoisotopic (exact) mass is 329 g/mol. The number of nitrogens with zero attached hydrogens (tertiary/aromatic N) is 2. The molecule has 1 atom stereocenters. The molecule has 1 fully saturated rings. The first kappa shape index (κ1) is 15.9. The van der Waals surface area contributed by atoms with Crippen molar-refractivity contribution in [3.05, 3.63) is 48.4 Å². The van der Waals surface area contributed by atoms with Crippen molar-refractivity contribution in [3.8, 4) is 5.88 Å². The molecule has 1 aliphatic rings. The lowest BCUT2D eigenvalue weighted by Crippen LogP contribution is -2.28. The first-order chi connectivity index (χ1) is 11.6. The van der Waals surface area contributed by atoms with Crippen molar-refractivity contribution in [1.82, 2.24) is 4.98 Å². The topological polar surface area (TPSA) is 71.5 Å². The molecule has 2 aromatic rings. The van der Waals surface area contributed by atoms with Gasteiger partial charge < -0.3 is 15.0 Å². The Bertz CT molecular complexity index is 764. The maximum atomic E-state index is 13.8. The Hall–Kier alpha value is -2.96. The summed E-state index contributed by atoms with van der Waals surface area (Å²) in [7, 11) is 1.50. The number of para-hydroxylation sites is 1. The lowest BCUT2D eigenvalue weighted by atomic mass is 10.1. The van der Waals surface area contributed by atoms with Gasteiger partial charge in [0.2, 0.25) is 17.7 Å². The molecular weight excluding hydrogens is 313 g/mol. The van der Waals surface area contributed by atoms with Gasteiger partial charge in [0.05, 0.1) is 30.6 Å². The van der Waals surface area contributed by atoms with Crippen LogP contribution in [0.1, 0.15) is 6.42 Å². The number of amides is 2. The van der Waals surface area contributed by atoms with Gasteiger partial charge in [-0.2, -0.15) is 0 Å². The molecule has 7 heteroatoms. The first-order valence-electron chi connectivity index (χ1n) is 7.44. The minimum atomic E-state index is -0.542. The fourth-order valence-electron chi connectivity index (χ4n) is 2.61. The molecule has 1 N–H and O–H groups in total. The third-order valence-electron chi connectivity index (χ3n) is 3.85. The Morgan fingerprint density at radius 2 is 2.12 bits per heavy atom. The van der Waals surface area contributed by atoms with E-state index in [1.54, 1.807) is 24.3 Å². The molecule has 0 saturated carbocycles. The Kier molecular flexibility index (Phi) is 4.41. The summed E-state index contributed by atoms with van der Waals surface area (Å²) < 4.78 is 18.8. The molecule has 0 aliphatic carbocycles. The van der Waals surface area contributed by atoms with Crippen LogP contribution in [0.5, 0.6) is 5.88 Å². The van der Waals surface area contributed by atoms with Crippen molar-refractivity contribution in [2.75, 3.05) is 23.9 Å². The molecule has 124 valence electrons. The van der Waals surface area contributed by atoms with Crippen molar-refractivity contribution < 1.29 is 18.7 Å². The summed E-state index contributed by atoms with van der Waals surface area (Å²) in [6.07, 6.45) is 1.52. The van der Waals surface area contributed by atoms with Crippen molar-refractivity contribution in [2.45, 2.75) is 6.42 Å². The zero-order valence-corrected chi connectivity index (χ0v) is 13.0. The molecule has 24 heavy (non-hydrogen) atoms. The standard InChI is InChI=1S/C17H16FN3O3/c1-24-15-7-6-12(9-19-15)20-17(23)11-8-16(22)21(10-11)14-5-3-2-4-13(14)18/h2-7,9,11H,8,10H2,1H3,(H,20,23). The van der Waals surface area contributed by atoms with Crippen LogP contribution in [-0.2, 0) is 9.59 Å². The summed E-state index contributed by atoms with van der Waals surface area (Å²) >= 11 is 0. The van der Waals surface area contributed by atoms with Gasteiger partial charge in [0.15, 0.2) is 0 Å². The molecule has 1 aromatic carbocycles. The minimum absolute atomic E-state index is 0.0454. The summed E-state index contributed by atoms with van der Waals surface area (Å²) in [6, 6.07) is 9.32. The van der Waals surface area contributed by atoms with Crippen LogP contribution in [-0.4, -0.2) is 30.5 Å². The normalized spacial score (nSPS) is 17.0. The van der Waals surface area contributed by atoms with Crippen LogP contribution in [0.25, 0.3) is 0 Å². The molecule has 0 radical (unpaired) electrons. The largest absolute Gasteiger partial charge is 0.481 e. The summed E-state index contributed by atoms with van der Waals surface area (Å²) in [5, 5.41) is 2.71. The predicted octanol–water partition coefficient (Wildman–Crippen LogP) is 2.22. The van der Waals surface area contributed by atoms with Gasteiger partial charge in [-0.05, 0) is 18.2 Å². The van der Waals surface area contributed by atoms with Gasteiger partial charge in [0.1, 0.15) is 5.82 Å². The van der Waals surface area contributed by atoms with E-state index in [-0.39, 0.29) is 30.5 Å². The molecule has 1 aromatic heterocycles. The Labute approximate surface area is 138 Å². The minimum Gasteiger partial charge on any atom is -0.481 e. The van der Waals surface area contributed by atoms with Gasteiger partial charge in [-0.3, -0.25) is 9.59 Å².